The normalized spacial score (nSPS) is 14.2. The second-order valence-corrected chi connectivity index (χ2v) is 11.7. The summed E-state index contributed by atoms with van der Waals surface area (Å²) >= 11 is 1.22. The Kier molecular flexibility index (Phi) is 9.82. The zero-order valence-electron chi connectivity index (χ0n) is 26.6. The van der Waals surface area contributed by atoms with Gasteiger partial charge in [-0.25, -0.2) is 14.2 Å². The fourth-order valence-corrected chi connectivity index (χ4v) is 6.52. The maximum absolute atomic E-state index is 14.3. The number of carbonyl (C=O) groups excluding carboxylic acids is 1. The van der Waals surface area contributed by atoms with Crippen LogP contribution in [0.5, 0.6) is 17.2 Å². The molecule has 6 rings (SSSR count). The summed E-state index contributed by atoms with van der Waals surface area (Å²) in [6.07, 6.45) is 1.77. The molecule has 10 heteroatoms. The molecule has 1 unspecified atom stereocenters. The number of methoxy groups -OCH3 is 1. The average Bonchev–Trinajstić information content (AvgIpc) is 3.42. The second kappa shape index (κ2) is 14.5. The van der Waals surface area contributed by atoms with E-state index >= 15 is 0 Å². The highest BCUT2D eigenvalue weighted by molar-refractivity contribution is 7.07. The Labute approximate surface area is 280 Å². The standard InChI is InChI=1S/C38H33FN2O6S/c1-4-45-31-21-25(17-20-30(31)47-23-24-15-18-27(39)19-16-24)22-32-36(42)41-35(28-13-9-10-14-29(28)44-3)33(37(43)46-5-2)34(40-38(41)48-32)26-11-7-6-8-12-26/h6-22,35H,4-5,23H2,1-3H3. The number of fused-ring (bicyclic) bond motifs is 1. The van der Waals surface area contributed by atoms with E-state index in [9.17, 15) is 14.0 Å². The zero-order valence-corrected chi connectivity index (χ0v) is 27.5. The number of para-hydroxylation sites is 1. The van der Waals surface area contributed by atoms with Gasteiger partial charge in [-0.2, -0.15) is 0 Å². The molecule has 0 radical (unpaired) electrons. The van der Waals surface area contributed by atoms with E-state index in [0.29, 0.717) is 50.0 Å². The van der Waals surface area contributed by atoms with Crippen molar-refractivity contribution in [1.29, 1.82) is 0 Å². The van der Waals surface area contributed by atoms with Crippen LogP contribution in [-0.4, -0.2) is 30.9 Å². The summed E-state index contributed by atoms with van der Waals surface area (Å²) in [5, 5.41) is 0. The number of aromatic nitrogens is 1. The molecule has 0 aliphatic carbocycles. The average molecular weight is 665 g/mol. The molecule has 5 aromatic rings. The largest absolute Gasteiger partial charge is 0.496 e. The fraction of sp³-hybridized carbons (Fsp3) is 0.184. The van der Waals surface area contributed by atoms with Crippen LogP contribution in [0.1, 0.15) is 42.1 Å². The van der Waals surface area contributed by atoms with Crippen molar-refractivity contribution in [3.8, 4) is 17.2 Å². The van der Waals surface area contributed by atoms with Gasteiger partial charge in [-0.3, -0.25) is 9.36 Å². The van der Waals surface area contributed by atoms with Crippen LogP contribution in [0.25, 0.3) is 11.8 Å². The molecule has 244 valence electrons. The second-order valence-electron chi connectivity index (χ2n) is 10.7. The zero-order chi connectivity index (χ0) is 33.6. The Morgan fingerprint density at radius 1 is 0.896 bits per heavy atom. The third-order valence-corrected chi connectivity index (χ3v) is 8.66. The molecule has 0 spiro atoms. The lowest BCUT2D eigenvalue weighted by Gasteiger charge is -2.27. The molecule has 48 heavy (non-hydrogen) atoms. The molecule has 1 aliphatic heterocycles. The number of nitrogens with zero attached hydrogens (tertiary/aromatic N) is 2. The summed E-state index contributed by atoms with van der Waals surface area (Å²) in [6.45, 7) is 4.39. The summed E-state index contributed by atoms with van der Waals surface area (Å²) < 4.78 is 38.5. The molecule has 0 bridgehead atoms. The third kappa shape index (κ3) is 6.65. The van der Waals surface area contributed by atoms with E-state index < -0.39 is 12.0 Å². The van der Waals surface area contributed by atoms with Gasteiger partial charge in [0.25, 0.3) is 5.56 Å². The topological polar surface area (TPSA) is 88.4 Å². The van der Waals surface area contributed by atoms with Gasteiger partial charge in [0.1, 0.15) is 24.2 Å². The first kappa shape index (κ1) is 32.5. The van der Waals surface area contributed by atoms with Gasteiger partial charge in [0.2, 0.25) is 0 Å². The van der Waals surface area contributed by atoms with Crippen molar-refractivity contribution in [2.75, 3.05) is 20.3 Å². The first-order valence-electron chi connectivity index (χ1n) is 15.5. The number of carbonyl (C=O) groups is 1. The summed E-state index contributed by atoms with van der Waals surface area (Å²) in [4.78, 5) is 33.4. The monoisotopic (exact) mass is 664 g/mol. The Bertz CT molecular complexity index is 2160. The molecule has 1 aromatic heterocycles. The number of ether oxygens (including phenoxy) is 4. The van der Waals surface area contributed by atoms with Gasteiger partial charge >= 0.3 is 5.97 Å². The first-order valence-corrected chi connectivity index (χ1v) is 16.3. The number of rotatable bonds is 11. The fourth-order valence-electron chi connectivity index (χ4n) is 5.52. The molecule has 0 N–H and O–H groups in total. The van der Waals surface area contributed by atoms with Gasteiger partial charge in [0.15, 0.2) is 16.3 Å². The molecular weight excluding hydrogens is 631 g/mol. The molecule has 8 nitrogen and oxygen atoms in total. The van der Waals surface area contributed by atoms with Crippen molar-refractivity contribution < 1.29 is 28.1 Å². The summed E-state index contributed by atoms with van der Waals surface area (Å²) in [5.41, 5.74) is 3.21. The lowest BCUT2D eigenvalue weighted by Crippen LogP contribution is -2.40. The van der Waals surface area contributed by atoms with Gasteiger partial charge < -0.3 is 18.9 Å². The Morgan fingerprint density at radius 3 is 2.38 bits per heavy atom. The number of esters is 1. The lowest BCUT2D eigenvalue weighted by atomic mass is 9.92. The van der Waals surface area contributed by atoms with Crippen LogP contribution in [0.15, 0.2) is 112 Å². The van der Waals surface area contributed by atoms with Crippen LogP contribution >= 0.6 is 11.3 Å². The predicted octanol–water partition coefficient (Wildman–Crippen LogP) is 6.06. The summed E-state index contributed by atoms with van der Waals surface area (Å²) in [5.74, 6) is 0.659. The number of benzene rings is 4. The lowest BCUT2D eigenvalue weighted by molar-refractivity contribution is -0.138. The summed E-state index contributed by atoms with van der Waals surface area (Å²) in [6, 6.07) is 27.3. The van der Waals surface area contributed by atoms with Gasteiger partial charge in [-0.15, -0.1) is 0 Å². The number of thiazole rings is 1. The highest BCUT2D eigenvalue weighted by atomic mass is 32.1. The Hall–Kier alpha value is -5.48. The van der Waals surface area contributed by atoms with E-state index in [0.717, 1.165) is 11.1 Å². The van der Waals surface area contributed by atoms with Crippen molar-refractivity contribution in [2.24, 2.45) is 4.99 Å². The van der Waals surface area contributed by atoms with Crippen molar-refractivity contribution in [2.45, 2.75) is 26.5 Å². The van der Waals surface area contributed by atoms with Crippen molar-refractivity contribution in [1.82, 2.24) is 4.57 Å². The Balaban J connectivity index is 1.49. The van der Waals surface area contributed by atoms with E-state index in [-0.39, 0.29) is 30.2 Å². The smallest absolute Gasteiger partial charge is 0.338 e. The number of hydrogen-bond donors (Lipinski definition) is 0. The van der Waals surface area contributed by atoms with Crippen molar-refractivity contribution in [3.63, 3.8) is 0 Å². The third-order valence-electron chi connectivity index (χ3n) is 7.68. The molecule has 0 amide bonds. The molecule has 0 fully saturated rings. The van der Waals surface area contributed by atoms with Crippen LogP contribution in [0.4, 0.5) is 4.39 Å². The van der Waals surface area contributed by atoms with E-state index in [1.807, 2.05) is 61.5 Å². The molecule has 0 saturated heterocycles. The van der Waals surface area contributed by atoms with Gasteiger partial charge in [0, 0.05) is 11.1 Å². The van der Waals surface area contributed by atoms with Gasteiger partial charge in [0.05, 0.1) is 36.1 Å². The van der Waals surface area contributed by atoms with Crippen LogP contribution < -0.4 is 29.1 Å². The van der Waals surface area contributed by atoms with Crippen LogP contribution in [0.3, 0.4) is 0 Å². The van der Waals surface area contributed by atoms with Crippen LogP contribution in [0, 0.1) is 5.82 Å². The van der Waals surface area contributed by atoms with Crippen molar-refractivity contribution in [3.05, 3.63) is 150 Å². The van der Waals surface area contributed by atoms with E-state index in [1.165, 1.54) is 28.0 Å². The molecule has 0 saturated carbocycles. The SMILES string of the molecule is CCOC(=O)C1=C(c2ccccc2)N=c2sc(=Cc3ccc(OCc4ccc(F)cc4)c(OCC)c3)c(=O)n2C1c1ccccc1OC. The highest BCUT2D eigenvalue weighted by Gasteiger charge is 2.36. The number of hydrogen-bond acceptors (Lipinski definition) is 8. The maximum Gasteiger partial charge on any atom is 0.338 e. The molecule has 1 aliphatic rings. The first-order chi connectivity index (χ1) is 23.4. The number of halogens is 1. The van der Waals surface area contributed by atoms with Crippen molar-refractivity contribution >= 4 is 29.1 Å². The minimum Gasteiger partial charge on any atom is -0.496 e. The minimum absolute atomic E-state index is 0.152. The van der Waals surface area contributed by atoms with Crippen LogP contribution in [-0.2, 0) is 16.1 Å². The summed E-state index contributed by atoms with van der Waals surface area (Å²) in [7, 11) is 1.55. The molecular formula is C38H33FN2O6S. The maximum atomic E-state index is 14.3. The van der Waals surface area contributed by atoms with E-state index in [2.05, 4.69) is 0 Å². The predicted molar refractivity (Wildman–Crippen MR) is 182 cm³/mol. The van der Waals surface area contributed by atoms with Gasteiger partial charge in [-0.05, 0) is 61.4 Å². The van der Waals surface area contributed by atoms with E-state index in [1.54, 1.807) is 50.4 Å². The quantitative estimate of drug-likeness (QED) is 0.160. The molecule has 2 heterocycles. The van der Waals surface area contributed by atoms with Gasteiger partial charge in [-0.1, -0.05) is 78.1 Å². The molecule has 4 aromatic carbocycles. The van der Waals surface area contributed by atoms with E-state index in [4.69, 9.17) is 23.9 Å². The van der Waals surface area contributed by atoms with Crippen LogP contribution in [0.2, 0.25) is 0 Å². The Morgan fingerprint density at radius 2 is 1.65 bits per heavy atom. The highest BCUT2D eigenvalue weighted by Crippen LogP contribution is 2.38. The molecule has 1 atom stereocenters. The minimum atomic E-state index is -0.866.